The van der Waals surface area contributed by atoms with Crippen LogP contribution in [0.4, 0.5) is 0 Å². The standard InChI is InChI=1S/C27H45N3O4/c1-21(2)19-29-13-11-24(30-14-16-34-17-15-30)23(20-29)7-9-27(31)28(3)12-10-22-6-8-25(32-4)26(18-22)33-5/h6,8,18,21,23-24H,7,9-17,19-20H2,1-5H3/t23-,24+/m0/s1. The Morgan fingerprint density at radius 3 is 2.56 bits per heavy atom. The molecule has 0 aromatic heterocycles. The molecule has 0 N–H and O–H groups in total. The van der Waals surface area contributed by atoms with Gasteiger partial charge in [0.1, 0.15) is 0 Å². The van der Waals surface area contributed by atoms with Gasteiger partial charge in [0, 0.05) is 52.2 Å². The van der Waals surface area contributed by atoms with E-state index in [1.54, 1.807) is 14.2 Å². The minimum absolute atomic E-state index is 0.238. The van der Waals surface area contributed by atoms with E-state index >= 15 is 0 Å². The van der Waals surface area contributed by atoms with Crippen LogP contribution in [0.5, 0.6) is 11.5 Å². The van der Waals surface area contributed by atoms with E-state index < -0.39 is 0 Å². The summed E-state index contributed by atoms with van der Waals surface area (Å²) in [6.07, 6.45) is 3.56. The van der Waals surface area contributed by atoms with E-state index in [2.05, 4.69) is 23.6 Å². The molecule has 2 saturated heterocycles. The number of ether oxygens (including phenoxy) is 3. The molecule has 2 heterocycles. The minimum Gasteiger partial charge on any atom is -0.493 e. The van der Waals surface area contributed by atoms with Gasteiger partial charge in [-0.05, 0) is 55.3 Å². The Balaban J connectivity index is 1.53. The number of carbonyl (C=O) groups excluding carboxylic acids is 1. The van der Waals surface area contributed by atoms with E-state index in [4.69, 9.17) is 14.2 Å². The molecule has 2 aliphatic heterocycles. The van der Waals surface area contributed by atoms with Gasteiger partial charge in [-0.3, -0.25) is 9.69 Å². The molecule has 0 aliphatic carbocycles. The van der Waals surface area contributed by atoms with Gasteiger partial charge in [0.25, 0.3) is 0 Å². The molecular weight excluding hydrogens is 430 g/mol. The third kappa shape index (κ3) is 7.59. The number of hydrogen-bond donors (Lipinski definition) is 0. The Bertz CT molecular complexity index is 766. The number of nitrogens with zero attached hydrogens (tertiary/aromatic N) is 3. The van der Waals surface area contributed by atoms with Crippen LogP contribution >= 0.6 is 0 Å². The zero-order valence-electron chi connectivity index (χ0n) is 21.9. The third-order valence-corrected chi connectivity index (χ3v) is 7.25. The number of amides is 1. The minimum atomic E-state index is 0.238. The number of likely N-dealkylation sites (tertiary alicyclic amines) is 1. The van der Waals surface area contributed by atoms with Crippen LogP contribution in [0.15, 0.2) is 18.2 Å². The molecule has 0 spiro atoms. The fourth-order valence-corrected chi connectivity index (χ4v) is 5.41. The highest BCUT2D eigenvalue weighted by molar-refractivity contribution is 5.75. The van der Waals surface area contributed by atoms with Gasteiger partial charge < -0.3 is 24.0 Å². The smallest absolute Gasteiger partial charge is 0.222 e. The first-order valence-corrected chi connectivity index (χ1v) is 12.9. The summed E-state index contributed by atoms with van der Waals surface area (Å²) in [5, 5.41) is 0. The van der Waals surface area contributed by atoms with Gasteiger partial charge in [0.05, 0.1) is 27.4 Å². The quantitative estimate of drug-likeness (QED) is 0.490. The molecule has 34 heavy (non-hydrogen) atoms. The van der Waals surface area contributed by atoms with Crippen molar-refractivity contribution in [3.63, 3.8) is 0 Å². The lowest BCUT2D eigenvalue weighted by Gasteiger charge is -2.45. The first-order chi connectivity index (χ1) is 16.4. The number of morpholine rings is 1. The SMILES string of the molecule is COc1ccc(CCN(C)C(=O)CC[C@H]2CN(CC(C)C)CC[C@H]2N2CCOCC2)cc1OC. The van der Waals surface area contributed by atoms with Gasteiger partial charge >= 0.3 is 0 Å². The van der Waals surface area contributed by atoms with Gasteiger partial charge in [-0.2, -0.15) is 0 Å². The number of methoxy groups -OCH3 is 2. The van der Waals surface area contributed by atoms with Crippen LogP contribution in [-0.4, -0.2) is 100 Å². The van der Waals surface area contributed by atoms with E-state index in [0.29, 0.717) is 30.8 Å². The second-order valence-electron chi connectivity index (χ2n) is 10.2. The molecule has 7 heteroatoms. The topological polar surface area (TPSA) is 54.5 Å². The number of likely N-dealkylation sites (N-methyl/N-ethyl adjacent to an activating group) is 1. The van der Waals surface area contributed by atoms with E-state index in [1.807, 2.05) is 30.1 Å². The van der Waals surface area contributed by atoms with Crippen molar-refractivity contribution in [2.24, 2.45) is 11.8 Å². The Kier molecular flexibility index (Phi) is 10.5. The molecule has 3 rings (SSSR count). The van der Waals surface area contributed by atoms with Crippen LogP contribution in [0.3, 0.4) is 0 Å². The summed E-state index contributed by atoms with van der Waals surface area (Å²) in [5.74, 6) is 2.90. The van der Waals surface area contributed by atoms with Gasteiger partial charge in [-0.15, -0.1) is 0 Å². The maximum absolute atomic E-state index is 13.0. The van der Waals surface area contributed by atoms with Crippen molar-refractivity contribution in [2.75, 3.05) is 73.7 Å². The van der Waals surface area contributed by atoms with Crippen LogP contribution in [0.25, 0.3) is 0 Å². The van der Waals surface area contributed by atoms with E-state index in [0.717, 1.165) is 75.8 Å². The van der Waals surface area contributed by atoms with E-state index in [9.17, 15) is 4.79 Å². The van der Waals surface area contributed by atoms with Crippen molar-refractivity contribution >= 4 is 5.91 Å². The number of benzene rings is 1. The zero-order valence-corrected chi connectivity index (χ0v) is 21.9. The number of piperidine rings is 1. The zero-order chi connectivity index (χ0) is 24.5. The molecule has 0 bridgehead atoms. The molecule has 1 aromatic carbocycles. The first-order valence-electron chi connectivity index (χ1n) is 12.9. The predicted octanol–water partition coefficient (Wildman–Crippen LogP) is 3.16. The fourth-order valence-electron chi connectivity index (χ4n) is 5.41. The second kappa shape index (κ2) is 13.3. The van der Waals surface area contributed by atoms with Gasteiger partial charge in [0.15, 0.2) is 11.5 Å². The molecule has 2 aliphatic rings. The van der Waals surface area contributed by atoms with Crippen LogP contribution < -0.4 is 9.47 Å². The maximum Gasteiger partial charge on any atom is 0.222 e. The molecule has 0 unspecified atom stereocenters. The lowest BCUT2D eigenvalue weighted by Crippen LogP contribution is -2.54. The molecule has 192 valence electrons. The molecule has 7 nitrogen and oxygen atoms in total. The van der Waals surface area contributed by atoms with Crippen molar-refractivity contribution in [1.82, 2.24) is 14.7 Å². The Morgan fingerprint density at radius 2 is 1.88 bits per heavy atom. The first kappa shape index (κ1) is 26.8. The van der Waals surface area contributed by atoms with Crippen molar-refractivity contribution < 1.29 is 19.0 Å². The highest BCUT2D eigenvalue weighted by Gasteiger charge is 2.34. The molecule has 2 atom stereocenters. The van der Waals surface area contributed by atoms with Crippen LogP contribution in [0.2, 0.25) is 0 Å². The van der Waals surface area contributed by atoms with Crippen molar-refractivity contribution in [2.45, 2.75) is 45.6 Å². The molecule has 0 saturated carbocycles. The average Bonchev–Trinajstić information content (AvgIpc) is 2.85. The van der Waals surface area contributed by atoms with Gasteiger partial charge in [-0.25, -0.2) is 0 Å². The summed E-state index contributed by atoms with van der Waals surface area (Å²) in [6.45, 7) is 12.4. The maximum atomic E-state index is 13.0. The molecule has 1 aromatic rings. The van der Waals surface area contributed by atoms with Crippen LogP contribution in [0.1, 0.15) is 38.7 Å². The van der Waals surface area contributed by atoms with Gasteiger partial charge in [-0.1, -0.05) is 19.9 Å². The number of rotatable bonds is 11. The largest absolute Gasteiger partial charge is 0.493 e. The molecular formula is C27H45N3O4. The van der Waals surface area contributed by atoms with E-state index in [-0.39, 0.29) is 5.91 Å². The second-order valence-corrected chi connectivity index (χ2v) is 10.2. The Morgan fingerprint density at radius 1 is 1.15 bits per heavy atom. The highest BCUT2D eigenvalue weighted by Crippen LogP contribution is 2.29. The molecule has 0 radical (unpaired) electrons. The Labute approximate surface area is 206 Å². The van der Waals surface area contributed by atoms with Crippen LogP contribution in [0, 0.1) is 11.8 Å². The van der Waals surface area contributed by atoms with Crippen molar-refractivity contribution in [3.8, 4) is 11.5 Å². The lowest BCUT2D eigenvalue weighted by molar-refractivity contribution is -0.130. The molecule has 1 amide bonds. The summed E-state index contributed by atoms with van der Waals surface area (Å²) >= 11 is 0. The van der Waals surface area contributed by atoms with Gasteiger partial charge in [0.2, 0.25) is 5.91 Å². The number of hydrogen-bond acceptors (Lipinski definition) is 6. The highest BCUT2D eigenvalue weighted by atomic mass is 16.5. The molecule has 2 fully saturated rings. The van der Waals surface area contributed by atoms with Crippen molar-refractivity contribution in [3.05, 3.63) is 23.8 Å². The van der Waals surface area contributed by atoms with Crippen molar-refractivity contribution in [1.29, 1.82) is 0 Å². The summed E-state index contributed by atoms with van der Waals surface area (Å²) < 4.78 is 16.3. The lowest BCUT2D eigenvalue weighted by atomic mass is 9.86. The normalized spacial score (nSPS) is 22.1. The van der Waals surface area contributed by atoms with Crippen LogP contribution in [-0.2, 0) is 16.0 Å². The summed E-state index contributed by atoms with van der Waals surface area (Å²) in [4.78, 5) is 20.1. The summed E-state index contributed by atoms with van der Waals surface area (Å²) in [5.41, 5.74) is 1.14. The predicted molar refractivity (Wildman–Crippen MR) is 136 cm³/mol. The van der Waals surface area contributed by atoms with E-state index in [1.165, 1.54) is 6.42 Å². The fraction of sp³-hybridized carbons (Fsp3) is 0.741. The average molecular weight is 476 g/mol. The summed E-state index contributed by atoms with van der Waals surface area (Å²) in [6, 6.07) is 6.53. The number of carbonyl (C=O) groups is 1. The Hall–Kier alpha value is -1.83. The monoisotopic (exact) mass is 475 g/mol. The summed E-state index contributed by atoms with van der Waals surface area (Å²) in [7, 11) is 5.21. The third-order valence-electron chi connectivity index (χ3n) is 7.25.